The monoisotopic (exact) mass is 319 g/mol. The Labute approximate surface area is 136 Å². The fourth-order valence-corrected chi connectivity index (χ4v) is 4.47. The van der Waals surface area contributed by atoms with E-state index in [0.29, 0.717) is 12.1 Å². The molecule has 3 heteroatoms. The molecule has 0 saturated carbocycles. The van der Waals surface area contributed by atoms with Crippen LogP contribution in [0.3, 0.4) is 0 Å². The zero-order valence-corrected chi connectivity index (χ0v) is 14.4. The van der Waals surface area contributed by atoms with Crippen LogP contribution in [-0.2, 0) is 6.42 Å². The molecule has 0 amide bonds. The van der Waals surface area contributed by atoms with Crippen LogP contribution in [0.4, 0.5) is 0 Å². The van der Waals surface area contributed by atoms with Gasteiger partial charge in [0.05, 0.1) is 0 Å². The van der Waals surface area contributed by atoms with Crippen molar-refractivity contribution < 1.29 is 0 Å². The van der Waals surface area contributed by atoms with Crippen LogP contribution in [0.5, 0.6) is 0 Å². The number of benzene rings is 1. The van der Waals surface area contributed by atoms with Crippen LogP contribution in [0.15, 0.2) is 35.7 Å². The van der Waals surface area contributed by atoms with E-state index < -0.39 is 0 Å². The molecule has 112 valence electrons. The number of thiophene rings is 1. The maximum absolute atomic E-state index is 6.23. The average Bonchev–Trinajstić information content (AvgIpc) is 3.02. The average molecular weight is 320 g/mol. The van der Waals surface area contributed by atoms with Gasteiger partial charge < -0.3 is 5.32 Å². The van der Waals surface area contributed by atoms with Crippen LogP contribution < -0.4 is 5.32 Å². The third-order valence-corrected chi connectivity index (χ3v) is 5.73. The van der Waals surface area contributed by atoms with Crippen LogP contribution in [0.25, 0.3) is 0 Å². The Morgan fingerprint density at radius 3 is 2.86 bits per heavy atom. The van der Waals surface area contributed by atoms with Gasteiger partial charge in [0.25, 0.3) is 0 Å². The maximum Gasteiger partial charge on any atom is 0.0417 e. The highest BCUT2D eigenvalue weighted by molar-refractivity contribution is 7.10. The van der Waals surface area contributed by atoms with Crippen LogP contribution in [0.1, 0.15) is 55.3 Å². The molecule has 2 atom stereocenters. The van der Waals surface area contributed by atoms with Crippen LogP contribution >= 0.6 is 22.9 Å². The largest absolute Gasteiger partial charge is 0.302 e. The summed E-state index contributed by atoms with van der Waals surface area (Å²) in [7, 11) is 0. The molecule has 1 aliphatic rings. The van der Waals surface area contributed by atoms with Crippen molar-refractivity contribution in [3.05, 3.63) is 56.7 Å². The van der Waals surface area contributed by atoms with E-state index in [1.165, 1.54) is 16.0 Å². The summed E-state index contributed by atoms with van der Waals surface area (Å²) in [6.45, 7) is 6.94. The summed E-state index contributed by atoms with van der Waals surface area (Å²) in [5, 5.41) is 6.89. The van der Waals surface area contributed by atoms with E-state index in [9.17, 15) is 0 Å². The number of fused-ring (bicyclic) bond motifs is 1. The highest BCUT2D eigenvalue weighted by Crippen LogP contribution is 2.47. The quantitative estimate of drug-likeness (QED) is 0.754. The molecule has 1 N–H and O–H groups in total. The first-order chi connectivity index (χ1) is 10.0. The summed E-state index contributed by atoms with van der Waals surface area (Å²) in [6.07, 6.45) is 2.21. The molecular weight excluding hydrogens is 298 g/mol. The number of halogens is 1. The lowest BCUT2D eigenvalue weighted by Gasteiger charge is -2.32. The minimum Gasteiger partial charge on any atom is -0.302 e. The summed E-state index contributed by atoms with van der Waals surface area (Å²) >= 11 is 8.06. The summed E-state index contributed by atoms with van der Waals surface area (Å²) in [6, 6.07) is 11.5. The van der Waals surface area contributed by atoms with E-state index in [4.69, 9.17) is 11.6 Å². The van der Waals surface area contributed by atoms with E-state index >= 15 is 0 Å². The third-order valence-electron chi connectivity index (χ3n) is 4.51. The predicted octanol–water partition coefficient (Wildman–Crippen LogP) is 5.77. The fraction of sp³-hybridized carbons (Fsp3) is 0.444. The normalized spacial score (nSPS) is 21.2. The number of rotatable bonds is 4. The van der Waals surface area contributed by atoms with Crippen molar-refractivity contribution in [1.29, 1.82) is 0 Å². The van der Waals surface area contributed by atoms with Gasteiger partial charge in [-0.1, -0.05) is 44.5 Å². The molecule has 0 spiro atoms. The minimum absolute atomic E-state index is 0.220. The minimum atomic E-state index is 0.220. The maximum atomic E-state index is 6.23. The molecule has 2 aromatic rings. The van der Waals surface area contributed by atoms with Gasteiger partial charge in [-0.05, 0) is 53.0 Å². The lowest BCUT2D eigenvalue weighted by molar-refractivity contribution is 0.247. The smallest absolute Gasteiger partial charge is 0.0417 e. The van der Waals surface area contributed by atoms with Crippen molar-refractivity contribution in [2.24, 2.45) is 5.41 Å². The first kappa shape index (κ1) is 15.1. The third kappa shape index (κ3) is 2.90. The summed E-state index contributed by atoms with van der Waals surface area (Å²) in [5.74, 6) is 0. The molecular formula is C18H22ClNS. The van der Waals surface area contributed by atoms with Gasteiger partial charge in [-0.25, -0.2) is 0 Å². The van der Waals surface area contributed by atoms with Crippen LogP contribution in [0.2, 0.25) is 5.02 Å². The lowest BCUT2D eigenvalue weighted by Crippen LogP contribution is -2.33. The van der Waals surface area contributed by atoms with Crippen molar-refractivity contribution in [1.82, 2.24) is 5.32 Å². The first-order valence-corrected chi connectivity index (χ1v) is 8.85. The van der Waals surface area contributed by atoms with Gasteiger partial charge in [0.15, 0.2) is 0 Å². The van der Waals surface area contributed by atoms with E-state index in [2.05, 4.69) is 55.7 Å². The molecule has 0 bridgehead atoms. The predicted molar refractivity (Wildman–Crippen MR) is 92.2 cm³/mol. The first-order valence-electron chi connectivity index (χ1n) is 7.59. The van der Waals surface area contributed by atoms with Gasteiger partial charge in [0.2, 0.25) is 0 Å². The molecule has 21 heavy (non-hydrogen) atoms. The summed E-state index contributed by atoms with van der Waals surface area (Å²) < 4.78 is 0. The van der Waals surface area contributed by atoms with Crippen molar-refractivity contribution >= 4 is 22.9 Å². The van der Waals surface area contributed by atoms with Gasteiger partial charge in [0.1, 0.15) is 0 Å². The van der Waals surface area contributed by atoms with Crippen LogP contribution in [0, 0.1) is 5.41 Å². The molecule has 2 unspecified atom stereocenters. The molecule has 0 fully saturated rings. The van der Waals surface area contributed by atoms with Crippen molar-refractivity contribution in [2.45, 2.75) is 45.7 Å². The SMILES string of the molecule is CCC(NC1c2cc(Cl)ccc2CC1(C)C)c1cccs1. The highest BCUT2D eigenvalue weighted by Gasteiger charge is 2.39. The number of hydrogen-bond acceptors (Lipinski definition) is 2. The van der Waals surface area contributed by atoms with Gasteiger partial charge in [-0.15, -0.1) is 11.3 Å². The Kier molecular flexibility index (Phi) is 4.13. The number of nitrogens with one attached hydrogen (secondary N) is 1. The Bertz CT molecular complexity index is 618. The molecule has 1 aliphatic carbocycles. The van der Waals surface area contributed by atoms with Gasteiger partial charge in [-0.2, -0.15) is 0 Å². The second-order valence-electron chi connectivity index (χ2n) is 6.58. The fourth-order valence-electron chi connectivity index (χ4n) is 3.42. The highest BCUT2D eigenvalue weighted by atomic mass is 35.5. The second kappa shape index (κ2) is 5.75. The Hall–Kier alpha value is -0.830. The molecule has 1 nitrogen and oxygen atoms in total. The Balaban J connectivity index is 1.92. The second-order valence-corrected chi connectivity index (χ2v) is 8.00. The number of hydrogen-bond donors (Lipinski definition) is 1. The van der Waals surface area contributed by atoms with Crippen LogP contribution in [-0.4, -0.2) is 0 Å². The molecule has 3 rings (SSSR count). The molecule has 1 heterocycles. The van der Waals surface area contributed by atoms with Gasteiger partial charge in [-0.3, -0.25) is 0 Å². The van der Waals surface area contributed by atoms with Crippen molar-refractivity contribution in [3.8, 4) is 0 Å². The molecule has 1 aromatic carbocycles. The van der Waals surface area contributed by atoms with E-state index in [1.807, 2.05) is 17.4 Å². The Morgan fingerprint density at radius 1 is 1.38 bits per heavy atom. The Morgan fingerprint density at radius 2 is 2.19 bits per heavy atom. The van der Waals surface area contributed by atoms with Gasteiger partial charge >= 0.3 is 0 Å². The standard InChI is InChI=1S/C18H22ClNS/c1-4-15(16-6-5-9-21-16)20-17-14-10-13(19)8-7-12(14)11-18(17,2)3/h5-10,15,17,20H,4,11H2,1-3H3. The molecule has 0 aliphatic heterocycles. The van der Waals surface area contributed by atoms with E-state index in [-0.39, 0.29) is 5.41 Å². The summed E-state index contributed by atoms with van der Waals surface area (Å²) in [5.41, 5.74) is 3.03. The molecule has 0 radical (unpaired) electrons. The zero-order chi connectivity index (χ0) is 15.0. The lowest BCUT2D eigenvalue weighted by atomic mass is 9.84. The summed E-state index contributed by atoms with van der Waals surface area (Å²) in [4.78, 5) is 1.42. The van der Waals surface area contributed by atoms with E-state index in [0.717, 1.165) is 17.9 Å². The molecule has 0 saturated heterocycles. The van der Waals surface area contributed by atoms with Crippen molar-refractivity contribution in [3.63, 3.8) is 0 Å². The van der Waals surface area contributed by atoms with E-state index in [1.54, 1.807) is 0 Å². The zero-order valence-electron chi connectivity index (χ0n) is 12.8. The van der Waals surface area contributed by atoms with Crippen molar-refractivity contribution in [2.75, 3.05) is 0 Å². The molecule has 1 aromatic heterocycles. The van der Waals surface area contributed by atoms with Gasteiger partial charge in [0, 0.05) is 22.0 Å². The topological polar surface area (TPSA) is 12.0 Å².